The summed E-state index contributed by atoms with van der Waals surface area (Å²) >= 11 is 6.00. The normalized spacial score (nSPS) is 11.2. The number of rotatable bonds is 3. The van der Waals surface area contributed by atoms with Gasteiger partial charge in [-0.25, -0.2) is 0 Å². The van der Waals surface area contributed by atoms with E-state index in [1.165, 1.54) is 0 Å². The highest BCUT2D eigenvalue weighted by Crippen LogP contribution is 2.26. The van der Waals surface area contributed by atoms with Crippen molar-refractivity contribution in [2.75, 3.05) is 5.32 Å². The predicted octanol–water partition coefficient (Wildman–Crippen LogP) is 3.85. The summed E-state index contributed by atoms with van der Waals surface area (Å²) in [5.41, 5.74) is 3.48. The van der Waals surface area contributed by atoms with E-state index in [4.69, 9.17) is 16.9 Å². The van der Waals surface area contributed by atoms with Crippen molar-refractivity contribution in [2.45, 2.75) is 32.7 Å². The standard InChI is InChI=1S/C16H19ClN4/c1-16(2,3)15-12(10-21(4)20-15)9-19-14-7-13(17)6-5-11(14)8-18/h5-7,10,19H,9H2,1-4H3. The molecule has 0 atom stereocenters. The zero-order valence-electron chi connectivity index (χ0n) is 12.7. The molecule has 1 aromatic heterocycles. The first-order valence-corrected chi connectivity index (χ1v) is 7.15. The van der Waals surface area contributed by atoms with Gasteiger partial charge in [-0.1, -0.05) is 32.4 Å². The van der Waals surface area contributed by atoms with Crippen LogP contribution in [0.5, 0.6) is 0 Å². The molecule has 0 spiro atoms. The topological polar surface area (TPSA) is 53.6 Å². The largest absolute Gasteiger partial charge is 0.380 e. The van der Waals surface area contributed by atoms with Gasteiger partial charge >= 0.3 is 0 Å². The van der Waals surface area contributed by atoms with Crippen LogP contribution >= 0.6 is 11.6 Å². The van der Waals surface area contributed by atoms with Crippen molar-refractivity contribution >= 4 is 17.3 Å². The molecule has 110 valence electrons. The minimum atomic E-state index is -0.0232. The van der Waals surface area contributed by atoms with Gasteiger partial charge in [-0.2, -0.15) is 10.4 Å². The molecular formula is C16H19ClN4. The van der Waals surface area contributed by atoms with Gasteiger partial charge in [-0.3, -0.25) is 4.68 Å². The first kappa shape index (κ1) is 15.4. The summed E-state index contributed by atoms with van der Waals surface area (Å²) in [5.74, 6) is 0. The molecule has 0 aliphatic rings. The second-order valence-corrected chi connectivity index (χ2v) is 6.52. The third-order valence-electron chi connectivity index (χ3n) is 3.19. The van der Waals surface area contributed by atoms with Crippen molar-refractivity contribution in [3.8, 4) is 6.07 Å². The zero-order valence-corrected chi connectivity index (χ0v) is 13.5. The Morgan fingerprint density at radius 1 is 1.38 bits per heavy atom. The number of anilines is 1. The molecule has 5 heteroatoms. The minimum absolute atomic E-state index is 0.0232. The van der Waals surface area contributed by atoms with E-state index in [1.807, 2.05) is 17.9 Å². The molecule has 0 unspecified atom stereocenters. The third-order valence-corrected chi connectivity index (χ3v) is 3.42. The van der Waals surface area contributed by atoms with Crippen LogP contribution in [0.1, 0.15) is 37.6 Å². The number of hydrogen-bond donors (Lipinski definition) is 1. The summed E-state index contributed by atoms with van der Waals surface area (Å²) < 4.78 is 1.82. The van der Waals surface area contributed by atoms with Crippen LogP contribution in [0.4, 0.5) is 5.69 Å². The summed E-state index contributed by atoms with van der Waals surface area (Å²) in [7, 11) is 1.92. The van der Waals surface area contributed by atoms with Crippen LogP contribution in [-0.4, -0.2) is 9.78 Å². The quantitative estimate of drug-likeness (QED) is 0.937. The summed E-state index contributed by atoms with van der Waals surface area (Å²) in [5, 5.41) is 17.6. The molecule has 4 nitrogen and oxygen atoms in total. The fourth-order valence-electron chi connectivity index (χ4n) is 2.25. The number of benzene rings is 1. The molecule has 0 aliphatic heterocycles. The lowest BCUT2D eigenvalue weighted by atomic mass is 9.89. The van der Waals surface area contributed by atoms with E-state index in [2.05, 4.69) is 37.3 Å². The average molecular weight is 303 g/mol. The summed E-state index contributed by atoms with van der Waals surface area (Å²) in [4.78, 5) is 0. The van der Waals surface area contributed by atoms with Crippen molar-refractivity contribution in [3.63, 3.8) is 0 Å². The lowest BCUT2D eigenvalue weighted by Gasteiger charge is -2.18. The number of nitriles is 1. The molecule has 1 heterocycles. The summed E-state index contributed by atoms with van der Waals surface area (Å²) in [6.45, 7) is 7.02. The zero-order chi connectivity index (χ0) is 15.6. The molecule has 1 aromatic carbocycles. The lowest BCUT2D eigenvalue weighted by molar-refractivity contribution is 0.549. The van der Waals surface area contributed by atoms with Gasteiger partial charge in [0.05, 0.1) is 16.9 Å². The Hall–Kier alpha value is -1.99. The first-order valence-electron chi connectivity index (χ1n) is 6.78. The van der Waals surface area contributed by atoms with E-state index < -0.39 is 0 Å². The van der Waals surface area contributed by atoms with Gasteiger partial charge in [0.2, 0.25) is 0 Å². The van der Waals surface area contributed by atoms with Gasteiger partial charge in [-0.15, -0.1) is 0 Å². The summed E-state index contributed by atoms with van der Waals surface area (Å²) in [6.07, 6.45) is 2.00. The third kappa shape index (κ3) is 3.56. The molecular weight excluding hydrogens is 284 g/mol. The van der Waals surface area contributed by atoms with E-state index in [9.17, 15) is 0 Å². The Morgan fingerprint density at radius 3 is 2.71 bits per heavy atom. The number of aryl methyl sites for hydroxylation is 1. The highest BCUT2D eigenvalue weighted by Gasteiger charge is 2.21. The summed E-state index contributed by atoms with van der Waals surface area (Å²) in [6, 6.07) is 7.38. The van der Waals surface area contributed by atoms with Crippen molar-refractivity contribution in [3.05, 3.63) is 46.2 Å². The molecule has 1 N–H and O–H groups in total. The fraction of sp³-hybridized carbons (Fsp3) is 0.375. The molecule has 0 radical (unpaired) electrons. The molecule has 0 fully saturated rings. The van der Waals surface area contributed by atoms with E-state index in [0.717, 1.165) is 16.9 Å². The number of aromatic nitrogens is 2. The van der Waals surface area contributed by atoms with E-state index >= 15 is 0 Å². The van der Waals surface area contributed by atoms with Gasteiger partial charge in [0, 0.05) is 35.8 Å². The van der Waals surface area contributed by atoms with Crippen LogP contribution in [0.2, 0.25) is 5.02 Å². The molecule has 0 saturated heterocycles. The SMILES string of the molecule is Cn1cc(CNc2cc(Cl)ccc2C#N)c(C(C)(C)C)n1. The Bertz CT molecular complexity index is 689. The van der Waals surface area contributed by atoms with E-state index in [0.29, 0.717) is 17.1 Å². The Morgan fingerprint density at radius 2 is 2.10 bits per heavy atom. The maximum Gasteiger partial charge on any atom is 0.101 e. The molecule has 21 heavy (non-hydrogen) atoms. The molecule has 2 rings (SSSR count). The Labute approximate surface area is 130 Å². The lowest BCUT2D eigenvalue weighted by Crippen LogP contribution is -2.16. The Balaban J connectivity index is 2.25. The van der Waals surface area contributed by atoms with E-state index in [-0.39, 0.29) is 5.41 Å². The van der Waals surface area contributed by atoms with Crippen LogP contribution in [0, 0.1) is 11.3 Å². The monoisotopic (exact) mass is 302 g/mol. The second-order valence-electron chi connectivity index (χ2n) is 6.08. The smallest absolute Gasteiger partial charge is 0.101 e. The average Bonchev–Trinajstić information content (AvgIpc) is 2.78. The van der Waals surface area contributed by atoms with E-state index in [1.54, 1.807) is 18.2 Å². The highest BCUT2D eigenvalue weighted by atomic mass is 35.5. The van der Waals surface area contributed by atoms with Crippen LogP contribution in [0.15, 0.2) is 24.4 Å². The minimum Gasteiger partial charge on any atom is -0.380 e. The molecule has 0 aliphatic carbocycles. The molecule has 2 aromatic rings. The van der Waals surface area contributed by atoms with Crippen molar-refractivity contribution in [1.29, 1.82) is 5.26 Å². The molecule has 0 bridgehead atoms. The van der Waals surface area contributed by atoms with Crippen LogP contribution in [0.25, 0.3) is 0 Å². The molecule has 0 amide bonds. The Kier molecular flexibility index (Phi) is 4.24. The van der Waals surface area contributed by atoms with Gasteiger partial charge in [0.1, 0.15) is 6.07 Å². The second kappa shape index (κ2) is 5.79. The number of halogens is 1. The van der Waals surface area contributed by atoms with Gasteiger partial charge in [-0.05, 0) is 18.2 Å². The number of nitrogens with one attached hydrogen (secondary N) is 1. The number of nitrogens with zero attached hydrogens (tertiary/aromatic N) is 3. The molecule has 0 saturated carbocycles. The van der Waals surface area contributed by atoms with Crippen molar-refractivity contribution in [2.24, 2.45) is 7.05 Å². The highest BCUT2D eigenvalue weighted by molar-refractivity contribution is 6.30. The predicted molar refractivity (Wildman–Crippen MR) is 85.4 cm³/mol. The van der Waals surface area contributed by atoms with Gasteiger partial charge < -0.3 is 5.32 Å². The maximum atomic E-state index is 9.14. The maximum absolute atomic E-state index is 9.14. The van der Waals surface area contributed by atoms with Crippen molar-refractivity contribution < 1.29 is 0 Å². The van der Waals surface area contributed by atoms with Crippen LogP contribution < -0.4 is 5.32 Å². The van der Waals surface area contributed by atoms with Crippen LogP contribution in [-0.2, 0) is 19.0 Å². The van der Waals surface area contributed by atoms with Gasteiger partial charge in [0.15, 0.2) is 0 Å². The fourth-order valence-corrected chi connectivity index (χ4v) is 2.42. The number of hydrogen-bond acceptors (Lipinski definition) is 3. The van der Waals surface area contributed by atoms with Crippen LogP contribution in [0.3, 0.4) is 0 Å². The van der Waals surface area contributed by atoms with Crippen molar-refractivity contribution in [1.82, 2.24) is 9.78 Å². The van der Waals surface area contributed by atoms with Gasteiger partial charge in [0.25, 0.3) is 0 Å². The first-order chi connectivity index (χ1) is 9.81.